The fourth-order valence-corrected chi connectivity index (χ4v) is 1.43. The Hall–Kier alpha value is -1.84. The van der Waals surface area contributed by atoms with Crippen LogP contribution in [0.3, 0.4) is 0 Å². The molecule has 0 saturated heterocycles. The summed E-state index contributed by atoms with van der Waals surface area (Å²) in [4.78, 5) is 4.09. The fourth-order valence-electron chi connectivity index (χ4n) is 1.43. The lowest BCUT2D eigenvalue weighted by molar-refractivity contribution is 0.414. The van der Waals surface area contributed by atoms with Crippen LogP contribution in [0.15, 0.2) is 30.6 Å². The van der Waals surface area contributed by atoms with Crippen LogP contribution in [-0.4, -0.2) is 16.7 Å². The van der Waals surface area contributed by atoms with Crippen LogP contribution in [0, 0.1) is 5.82 Å². The largest absolute Gasteiger partial charge is 0.497 e. The zero-order valence-electron chi connectivity index (χ0n) is 8.57. The summed E-state index contributed by atoms with van der Waals surface area (Å²) in [6.07, 6.45) is 3.41. The van der Waals surface area contributed by atoms with Crippen molar-refractivity contribution in [2.75, 3.05) is 7.11 Å². The van der Waals surface area contributed by atoms with E-state index in [4.69, 9.17) is 4.74 Å². The maximum absolute atomic E-state index is 13.5. The lowest BCUT2D eigenvalue weighted by Crippen LogP contribution is -1.95. The first-order valence-corrected chi connectivity index (χ1v) is 4.53. The highest BCUT2D eigenvalue weighted by Crippen LogP contribution is 2.25. The number of aryl methyl sites for hydroxylation is 1. The predicted octanol–water partition coefficient (Wildman–Crippen LogP) is 2.23. The van der Waals surface area contributed by atoms with Crippen molar-refractivity contribution in [2.24, 2.45) is 7.05 Å². The summed E-state index contributed by atoms with van der Waals surface area (Å²) in [6, 6.07) is 4.60. The van der Waals surface area contributed by atoms with Crippen molar-refractivity contribution in [3.63, 3.8) is 0 Å². The van der Waals surface area contributed by atoms with Crippen molar-refractivity contribution < 1.29 is 9.13 Å². The molecule has 0 unspecified atom stereocenters. The van der Waals surface area contributed by atoms with Gasteiger partial charge in [0.2, 0.25) is 0 Å². The van der Waals surface area contributed by atoms with Gasteiger partial charge in [0.1, 0.15) is 17.4 Å². The van der Waals surface area contributed by atoms with E-state index in [9.17, 15) is 4.39 Å². The normalized spacial score (nSPS) is 10.3. The van der Waals surface area contributed by atoms with Gasteiger partial charge in [-0.2, -0.15) is 0 Å². The van der Waals surface area contributed by atoms with Crippen LogP contribution in [-0.2, 0) is 7.05 Å². The van der Waals surface area contributed by atoms with E-state index in [0.717, 1.165) is 0 Å². The predicted molar refractivity (Wildman–Crippen MR) is 55.2 cm³/mol. The Balaban J connectivity index is 2.56. The minimum Gasteiger partial charge on any atom is -0.497 e. The minimum atomic E-state index is -0.301. The van der Waals surface area contributed by atoms with Crippen molar-refractivity contribution in [3.8, 4) is 17.1 Å². The summed E-state index contributed by atoms with van der Waals surface area (Å²) in [5.41, 5.74) is 0.446. The second kappa shape index (κ2) is 3.73. The topological polar surface area (TPSA) is 27.1 Å². The summed E-state index contributed by atoms with van der Waals surface area (Å²) < 4.78 is 20.3. The molecule has 78 valence electrons. The van der Waals surface area contributed by atoms with E-state index >= 15 is 0 Å². The molecule has 0 fully saturated rings. The quantitative estimate of drug-likeness (QED) is 0.753. The summed E-state index contributed by atoms with van der Waals surface area (Å²) in [7, 11) is 3.37. The lowest BCUT2D eigenvalue weighted by Gasteiger charge is -2.05. The number of imidazole rings is 1. The first-order valence-electron chi connectivity index (χ1n) is 4.53. The number of hydrogen-bond donors (Lipinski definition) is 0. The Morgan fingerprint density at radius 2 is 2.20 bits per heavy atom. The molecule has 0 amide bonds. The third-order valence-electron chi connectivity index (χ3n) is 2.24. The monoisotopic (exact) mass is 206 g/mol. The number of benzene rings is 1. The van der Waals surface area contributed by atoms with Gasteiger partial charge in [-0.1, -0.05) is 0 Å². The number of aromatic nitrogens is 2. The van der Waals surface area contributed by atoms with Gasteiger partial charge in [-0.3, -0.25) is 0 Å². The number of nitrogens with zero attached hydrogens (tertiary/aromatic N) is 2. The standard InChI is InChI=1S/C11H11FN2O/c1-14-6-5-13-11(14)9-7-8(15-2)3-4-10(9)12/h3-7H,1-2H3. The van der Waals surface area contributed by atoms with Gasteiger partial charge in [0.05, 0.1) is 12.7 Å². The van der Waals surface area contributed by atoms with Crippen LogP contribution in [0.25, 0.3) is 11.4 Å². The summed E-state index contributed by atoms with van der Waals surface area (Å²) in [5, 5.41) is 0. The van der Waals surface area contributed by atoms with Gasteiger partial charge in [-0.25, -0.2) is 9.37 Å². The molecule has 1 heterocycles. The molecule has 2 aromatic rings. The molecule has 4 heteroatoms. The second-order valence-corrected chi connectivity index (χ2v) is 3.21. The number of ether oxygens (including phenoxy) is 1. The molecule has 0 saturated carbocycles. The van der Waals surface area contributed by atoms with Crippen molar-refractivity contribution in [3.05, 3.63) is 36.4 Å². The third kappa shape index (κ3) is 1.70. The van der Waals surface area contributed by atoms with Crippen molar-refractivity contribution >= 4 is 0 Å². The Morgan fingerprint density at radius 1 is 1.40 bits per heavy atom. The molecule has 1 aromatic heterocycles. The molecule has 0 aliphatic rings. The Labute approximate surface area is 87.1 Å². The molecule has 0 N–H and O–H groups in total. The average molecular weight is 206 g/mol. The highest BCUT2D eigenvalue weighted by Gasteiger charge is 2.10. The summed E-state index contributed by atoms with van der Waals surface area (Å²) in [6.45, 7) is 0. The van der Waals surface area contributed by atoms with E-state index in [0.29, 0.717) is 17.1 Å². The van der Waals surface area contributed by atoms with E-state index in [1.54, 1.807) is 36.2 Å². The molecule has 0 bridgehead atoms. The van der Waals surface area contributed by atoms with Gasteiger partial charge >= 0.3 is 0 Å². The highest BCUT2D eigenvalue weighted by atomic mass is 19.1. The summed E-state index contributed by atoms with van der Waals surface area (Å²) in [5.74, 6) is 0.908. The Bertz CT molecular complexity index is 479. The first kappa shape index (κ1) is 9.71. The van der Waals surface area contributed by atoms with Gasteiger partial charge in [0.25, 0.3) is 0 Å². The highest BCUT2D eigenvalue weighted by molar-refractivity contribution is 5.59. The Morgan fingerprint density at radius 3 is 2.80 bits per heavy atom. The molecule has 0 aliphatic carbocycles. The van der Waals surface area contributed by atoms with Crippen LogP contribution in [0.1, 0.15) is 0 Å². The van der Waals surface area contributed by atoms with Crippen LogP contribution >= 0.6 is 0 Å². The maximum atomic E-state index is 13.5. The second-order valence-electron chi connectivity index (χ2n) is 3.21. The zero-order valence-corrected chi connectivity index (χ0v) is 8.57. The van der Waals surface area contributed by atoms with Crippen LogP contribution in [0.5, 0.6) is 5.75 Å². The zero-order chi connectivity index (χ0) is 10.8. The van der Waals surface area contributed by atoms with E-state index in [2.05, 4.69) is 4.98 Å². The van der Waals surface area contributed by atoms with E-state index in [1.807, 2.05) is 7.05 Å². The number of halogens is 1. The SMILES string of the molecule is COc1ccc(F)c(-c2nccn2C)c1. The molecular weight excluding hydrogens is 195 g/mol. The third-order valence-corrected chi connectivity index (χ3v) is 2.24. The van der Waals surface area contributed by atoms with Crippen molar-refractivity contribution in [1.29, 1.82) is 0 Å². The molecule has 0 aliphatic heterocycles. The average Bonchev–Trinajstić information content (AvgIpc) is 2.65. The van der Waals surface area contributed by atoms with Gasteiger partial charge in [0, 0.05) is 19.4 Å². The van der Waals surface area contributed by atoms with Gasteiger partial charge in [0.15, 0.2) is 0 Å². The number of hydrogen-bond acceptors (Lipinski definition) is 2. The van der Waals surface area contributed by atoms with Gasteiger partial charge in [-0.05, 0) is 18.2 Å². The first-order chi connectivity index (χ1) is 7.22. The van der Waals surface area contributed by atoms with E-state index < -0.39 is 0 Å². The fraction of sp³-hybridized carbons (Fsp3) is 0.182. The smallest absolute Gasteiger partial charge is 0.142 e. The number of rotatable bonds is 2. The van der Waals surface area contributed by atoms with Gasteiger partial charge < -0.3 is 9.30 Å². The van der Waals surface area contributed by atoms with Crippen molar-refractivity contribution in [1.82, 2.24) is 9.55 Å². The lowest BCUT2D eigenvalue weighted by atomic mass is 10.2. The summed E-state index contributed by atoms with van der Waals surface area (Å²) >= 11 is 0. The number of methoxy groups -OCH3 is 1. The Kier molecular flexibility index (Phi) is 2.41. The van der Waals surface area contributed by atoms with Gasteiger partial charge in [-0.15, -0.1) is 0 Å². The van der Waals surface area contributed by atoms with Crippen LogP contribution < -0.4 is 4.74 Å². The molecule has 2 rings (SSSR count). The van der Waals surface area contributed by atoms with Crippen LogP contribution in [0.2, 0.25) is 0 Å². The molecular formula is C11H11FN2O. The van der Waals surface area contributed by atoms with E-state index in [-0.39, 0.29) is 5.82 Å². The molecule has 0 atom stereocenters. The molecule has 0 radical (unpaired) electrons. The molecule has 1 aromatic carbocycles. The minimum absolute atomic E-state index is 0.301. The molecule has 3 nitrogen and oxygen atoms in total. The van der Waals surface area contributed by atoms with E-state index in [1.165, 1.54) is 6.07 Å². The molecule has 15 heavy (non-hydrogen) atoms. The van der Waals surface area contributed by atoms with Crippen molar-refractivity contribution in [2.45, 2.75) is 0 Å². The van der Waals surface area contributed by atoms with Crippen LogP contribution in [0.4, 0.5) is 4.39 Å². The maximum Gasteiger partial charge on any atom is 0.142 e. The molecule has 0 spiro atoms.